The van der Waals surface area contributed by atoms with Crippen LogP contribution in [0.15, 0.2) is 77.2 Å². The summed E-state index contributed by atoms with van der Waals surface area (Å²) in [5, 5.41) is 17.3. The summed E-state index contributed by atoms with van der Waals surface area (Å²) < 4.78 is 16.6. The SMILES string of the molecule is COc1ccc(C(C(=O)NC(C)(C)C)N(C(=O)Cn2nnc(-c3ccc(C)o3)n2)c2cccc3ccccc23)cc1OC. The van der Waals surface area contributed by atoms with Gasteiger partial charge in [0.15, 0.2) is 17.3 Å². The number of nitrogens with one attached hydrogen (secondary N) is 1. The molecule has 0 fully saturated rings. The van der Waals surface area contributed by atoms with Gasteiger partial charge in [0.2, 0.25) is 11.7 Å². The van der Waals surface area contributed by atoms with E-state index < -0.39 is 17.5 Å². The van der Waals surface area contributed by atoms with Crippen molar-refractivity contribution in [3.8, 4) is 23.1 Å². The first kappa shape index (κ1) is 29.3. The third kappa shape index (κ3) is 6.35. The molecule has 0 bridgehead atoms. The predicted octanol–water partition coefficient (Wildman–Crippen LogP) is 5.10. The normalized spacial score (nSPS) is 12.1. The number of furan rings is 1. The van der Waals surface area contributed by atoms with Crippen molar-refractivity contribution in [3.63, 3.8) is 0 Å². The highest BCUT2D eigenvalue weighted by molar-refractivity contribution is 6.08. The Kier molecular flexibility index (Phi) is 8.16. The van der Waals surface area contributed by atoms with E-state index in [-0.39, 0.29) is 18.3 Å². The molecule has 3 aromatic carbocycles. The summed E-state index contributed by atoms with van der Waals surface area (Å²) in [7, 11) is 3.06. The number of tetrazole rings is 1. The van der Waals surface area contributed by atoms with E-state index in [9.17, 15) is 9.59 Å². The molecule has 0 aliphatic rings. The molecule has 222 valence electrons. The number of rotatable bonds is 9. The summed E-state index contributed by atoms with van der Waals surface area (Å²) in [5.41, 5.74) is 0.496. The van der Waals surface area contributed by atoms with Gasteiger partial charge in [0.25, 0.3) is 5.91 Å². The highest BCUT2D eigenvalue weighted by Gasteiger charge is 2.36. The Morgan fingerprint density at radius 3 is 2.42 bits per heavy atom. The number of ether oxygens (including phenoxy) is 2. The molecule has 11 nitrogen and oxygen atoms in total. The standard InChI is InChI=1S/C32H34N6O5/c1-20-14-16-26(43-20)30-34-36-37(35-30)19-28(39)38(24-13-9-11-21-10-7-8-12-23(21)24)29(31(40)33-32(2,3)4)22-15-17-25(41-5)27(18-22)42-6/h7-18,29H,19H2,1-6H3,(H,33,40). The number of methoxy groups -OCH3 is 2. The van der Waals surface area contributed by atoms with Crippen LogP contribution in [0.4, 0.5) is 5.69 Å². The minimum Gasteiger partial charge on any atom is -0.493 e. The molecule has 0 aliphatic carbocycles. The molecule has 0 saturated carbocycles. The van der Waals surface area contributed by atoms with Crippen LogP contribution in [0.25, 0.3) is 22.4 Å². The van der Waals surface area contributed by atoms with Gasteiger partial charge >= 0.3 is 0 Å². The molecule has 0 radical (unpaired) electrons. The highest BCUT2D eigenvalue weighted by Crippen LogP contribution is 2.37. The van der Waals surface area contributed by atoms with Crippen LogP contribution in [-0.2, 0) is 16.1 Å². The molecule has 2 aromatic heterocycles. The molecule has 0 saturated heterocycles. The van der Waals surface area contributed by atoms with Crippen molar-refractivity contribution in [2.75, 3.05) is 19.1 Å². The fraction of sp³-hybridized carbons (Fsp3) is 0.281. The molecule has 0 aliphatic heterocycles. The van der Waals surface area contributed by atoms with Crippen LogP contribution in [0, 0.1) is 6.92 Å². The molecule has 5 rings (SSSR count). The average Bonchev–Trinajstić information content (AvgIpc) is 3.63. The molecule has 5 aromatic rings. The predicted molar refractivity (Wildman–Crippen MR) is 162 cm³/mol. The third-order valence-electron chi connectivity index (χ3n) is 6.71. The Bertz CT molecular complexity index is 1760. The van der Waals surface area contributed by atoms with Crippen LogP contribution >= 0.6 is 0 Å². The summed E-state index contributed by atoms with van der Waals surface area (Å²) >= 11 is 0. The Hall–Kier alpha value is -5.19. The molecule has 11 heteroatoms. The van der Waals surface area contributed by atoms with E-state index in [2.05, 4.69) is 20.7 Å². The number of aryl methyl sites for hydroxylation is 1. The number of hydrogen-bond acceptors (Lipinski definition) is 8. The second kappa shape index (κ2) is 12.0. The van der Waals surface area contributed by atoms with Crippen LogP contribution < -0.4 is 19.7 Å². The summed E-state index contributed by atoms with van der Waals surface area (Å²) in [4.78, 5) is 31.3. The van der Waals surface area contributed by atoms with Crippen LogP contribution in [0.1, 0.15) is 38.1 Å². The zero-order valence-electron chi connectivity index (χ0n) is 25.0. The van der Waals surface area contributed by atoms with E-state index >= 15 is 0 Å². The molecule has 2 heterocycles. The molecule has 1 unspecified atom stereocenters. The molecule has 0 spiro atoms. The lowest BCUT2D eigenvalue weighted by atomic mass is 9.98. The molecule has 1 N–H and O–H groups in total. The number of carbonyl (C=O) groups excluding carboxylic acids is 2. The molecule has 2 amide bonds. The first-order valence-electron chi connectivity index (χ1n) is 13.8. The first-order chi connectivity index (χ1) is 20.6. The second-order valence-corrected chi connectivity index (χ2v) is 11.1. The van der Waals surface area contributed by atoms with Crippen LogP contribution in [0.5, 0.6) is 11.5 Å². The van der Waals surface area contributed by atoms with Crippen molar-refractivity contribution in [3.05, 3.63) is 84.1 Å². The number of nitrogens with zero attached hydrogens (tertiary/aromatic N) is 5. The van der Waals surface area contributed by atoms with Gasteiger partial charge in [-0.05, 0) is 74.2 Å². The Morgan fingerprint density at radius 1 is 0.977 bits per heavy atom. The van der Waals surface area contributed by atoms with Gasteiger partial charge in [-0.15, -0.1) is 10.2 Å². The summed E-state index contributed by atoms with van der Waals surface area (Å²) in [5.74, 6) is 1.51. The van der Waals surface area contributed by atoms with Crippen molar-refractivity contribution in [1.82, 2.24) is 25.5 Å². The molecular formula is C32H34N6O5. The number of anilines is 1. The van der Waals surface area contributed by atoms with Gasteiger partial charge < -0.3 is 19.2 Å². The number of carbonyl (C=O) groups is 2. The maximum absolute atomic E-state index is 14.4. The highest BCUT2D eigenvalue weighted by atomic mass is 16.5. The average molecular weight is 583 g/mol. The molecule has 43 heavy (non-hydrogen) atoms. The zero-order valence-corrected chi connectivity index (χ0v) is 25.0. The minimum absolute atomic E-state index is 0.250. The zero-order chi connectivity index (χ0) is 30.7. The fourth-order valence-electron chi connectivity index (χ4n) is 4.88. The smallest absolute Gasteiger partial charge is 0.251 e. The molecule has 1 atom stereocenters. The van der Waals surface area contributed by atoms with E-state index in [1.54, 1.807) is 30.3 Å². The van der Waals surface area contributed by atoms with E-state index in [1.807, 2.05) is 70.2 Å². The van der Waals surface area contributed by atoms with E-state index in [0.717, 1.165) is 10.8 Å². The van der Waals surface area contributed by atoms with Crippen LogP contribution in [0.3, 0.4) is 0 Å². The second-order valence-electron chi connectivity index (χ2n) is 11.1. The van der Waals surface area contributed by atoms with E-state index in [1.165, 1.54) is 23.9 Å². The van der Waals surface area contributed by atoms with Crippen molar-refractivity contribution >= 4 is 28.3 Å². The summed E-state index contributed by atoms with van der Waals surface area (Å²) in [6, 6.07) is 21.0. The Balaban J connectivity index is 1.65. The van der Waals surface area contributed by atoms with Gasteiger partial charge in [0.1, 0.15) is 18.3 Å². The topological polar surface area (TPSA) is 125 Å². The lowest BCUT2D eigenvalue weighted by Crippen LogP contribution is -2.50. The number of aromatic nitrogens is 4. The van der Waals surface area contributed by atoms with Crippen LogP contribution in [0.2, 0.25) is 0 Å². The van der Waals surface area contributed by atoms with Gasteiger partial charge in [0, 0.05) is 10.9 Å². The van der Waals surface area contributed by atoms with Gasteiger partial charge in [0.05, 0.1) is 19.9 Å². The maximum atomic E-state index is 14.4. The summed E-state index contributed by atoms with van der Waals surface area (Å²) in [6.45, 7) is 7.19. The van der Waals surface area contributed by atoms with E-state index in [4.69, 9.17) is 13.9 Å². The fourth-order valence-corrected chi connectivity index (χ4v) is 4.88. The van der Waals surface area contributed by atoms with Crippen molar-refractivity contribution in [1.29, 1.82) is 0 Å². The van der Waals surface area contributed by atoms with Crippen molar-refractivity contribution in [2.24, 2.45) is 0 Å². The first-order valence-corrected chi connectivity index (χ1v) is 13.8. The third-order valence-corrected chi connectivity index (χ3v) is 6.71. The minimum atomic E-state index is -1.09. The monoisotopic (exact) mass is 582 g/mol. The lowest BCUT2D eigenvalue weighted by Gasteiger charge is -2.34. The largest absolute Gasteiger partial charge is 0.493 e. The van der Waals surface area contributed by atoms with Gasteiger partial charge in [-0.1, -0.05) is 42.5 Å². The van der Waals surface area contributed by atoms with Crippen LogP contribution in [-0.4, -0.2) is 51.8 Å². The number of benzene rings is 3. The number of amides is 2. The molecular weight excluding hydrogens is 548 g/mol. The van der Waals surface area contributed by atoms with Crippen molar-refractivity contribution < 1.29 is 23.5 Å². The number of fused-ring (bicyclic) bond motifs is 1. The number of hydrogen-bond donors (Lipinski definition) is 1. The summed E-state index contributed by atoms with van der Waals surface area (Å²) in [6.07, 6.45) is 0. The quantitative estimate of drug-likeness (QED) is 0.255. The van der Waals surface area contributed by atoms with Gasteiger partial charge in [-0.2, -0.15) is 4.80 Å². The maximum Gasteiger partial charge on any atom is 0.251 e. The Labute approximate surface area is 249 Å². The van der Waals surface area contributed by atoms with Crippen molar-refractivity contribution in [2.45, 2.75) is 45.8 Å². The van der Waals surface area contributed by atoms with Gasteiger partial charge in [-0.3, -0.25) is 14.5 Å². The Morgan fingerprint density at radius 2 is 1.72 bits per heavy atom. The lowest BCUT2D eigenvalue weighted by molar-refractivity contribution is -0.128. The van der Waals surface area contributed by atoms with Gasteiger partial charge in [-0.25, -0.2) is 0 Å². The van der Waals surface area contributed by atoms with E-state index in [0.29, 0.717) is 34.3 Å².